The molecule has 0 atom stereocenters. The number of amides is 2. The first-order valence-corrected chi connectivity index (χ1v) is 4.26. The van der Waals surface area contributed by atoms with Crippen molar-refractivity contribution in [2.24, 2.45) is 5.73 Å². The molecule has 3 nitrogen and oxygen atoms in total. The minimum atomic E-state index is -0.380. The van der Waals surface area contributed by atoms with Gasteiger partial charge in [0.2, 0.25) is 0 Å². The molecular weight excluding hydrogens is 164 g/mol. The van der Waals surface area contributed by atoms with Crippen LogP contribution in [0.3, 0.4) is 0 Å². The number of rotatable bonds is 0. The first-order valence-electron chi connectivity index (χ1n) is 4.26. The molecule has 0 saturated heterocycles. The lowest BCUT2D eigenvalue weighted by Crippen LogP contribution is -2.32. The van der Waals surface area contributed by atoms with Crippen LogP contribution in [0.2, 0.25) is 0 Å². The summed E-state index contributed by atoms with van der Waals surface area (Å²) >= 11 is 0. The van der Waals surface area contributed by atoms with Crippen molar-refractivity contribution in [3.63, 3.8) is 0 Å². The lowest BCUT2D eigenvalue weighted by molar-refractivity contribution is -0.421. The molecule has 1 aliphatic heterocycles. The summed E-state index contributed by atoms with van der Waals surface area (Å²) in [6.07, 6.45) is 2.69. The molecule has 2 N–H and O–H groups in total. The number of fused-ring (bicyclic) bond motifs is 1. The number of urea groups is 1. The summed E-state index contributed by atoms with van der Waals surface area (Å²) in [5.41, 5.74) is 7.55. The molecule has 0 spiro atoms. The summed E-state index contributed by atoms with van der Waals surface area (Å²) in [4.78, 5) is 10.9. The number of nitrogens with zero attached hydrogens (tertiary/aromatic N) is 1. The Kier molecular flexibility index (Phi) is 1.85. The summed E-state index contributed by atoms with van der Waals surface area (Å²) in [7, 11) is 0. The highest BCUT2D eigenvalue weighted by molar-refractivity contribution is 5.83. The number of carbonyl (C=O) groups excluding carboxylic acids is 1. The fraction of sp³-hybridized carbons (Fsp3) is 0.200. The van der Waals surface area contributed by atoms with E-state index < -0.39 is 0 Å². The zero-order chi connectivity index (χ0) is 9.26. The van der Waals surface area contributed by atoms with Crippen molar-refractivity contribution >= 4 is 12.2 Å². The van der Waals surface area contributed by atoms with E-state index in [-0.39, 0.29) is 6.03 Å². The van der Waals surface area contributed by atoms with Crippen LogP contribution in [0, 0.1) is 0 Å². The maximum Gasteiger partial charge on any atom is 0.488 e. The van der Waals surface area contributed by atoms with E-state index in [9.17, 15) is 4.79 Å². The van der Waals surface area contributed by atoms with Gasteiger partial charge in [0.05, 0.1) is 6.54 Å². The van der Waals surface area contributed by atoms with Crippen LogP contribution in [0.5, 0.6) is 0 Å². The average Bonchev–Trinajstić information content (AvgIpc) is 2.17. The molecule has 0 unspecified atom stereocenters. The van der Waals surface area contributed by atoms with E-state index in [0.717, 1.165) is 12.0 Å². The highest BCUT2D eigenvalue weighted by Crippen LogP contribution is 2.10. The van der Waals surface area contributed by atoms with Gasteiger partial charge < -0.3 is 0 Å². The van der Waals surface area contributed by atoms with E-state index in [1.165, 1.54) is 5.56 Å². The van der Waals surface area contributed by atoms with E-state index in [0.29, 0.717) is 6.54 Å². The third-order valence-corrected chi connectivity index (χ3v) is 2.26. The van der Waals surface area contributed by atoms with Crippen molar-refractivity contribution in [1.29, 1.82) is 0 Å². The fourth-order valence-electron chi connectivity index (χ4n) is 1.53. The molecule has 0 fully saturated rings. The van der Waals surface area contributed by atoms with Crippen molar-refractivity contribution in [2.75, 3.05) is 6.54 Å². The molecule has 0 saturated carbocycles. The SMILES string of the molecule is NC(=O)[N+]1=Cc2ccccc2CC1. The molecule has 13 heavy (non-hydrogen) atoms. The third-order valence-electron chi connectivity index (χ3n) is 2.26. The molecule has 2 amide bonds. The minimum Gasteiger partial charge on any atom is -0.251 e. The van der Waals surface area contributed by atoms with Gasteiger partial charge in [-0.15, -0.1) is 0 Å². The van der Waals surface area contributed by atoms with Crippen LogP contribution in [0.4, 0.5) is 4.79 Å². The van der Waals surface area contributed by atoms with Gasteiger partial charge in [-0.05, 0) is 5.56 Å². The van der Waals surface area contributed by atoms with Gasteiger partial charge in [0, 0.05) is 12.0 Å². The van der Waals surface area contributed by atoms with Crippen molar-refractivity contribution in [3.8, 4) is 0 Å². The first kappa shape index (κ1) is 7.98. The predicted octanol–water partition coefficient (Wildman–Crippen LogP) is 0.753. The van der Waals surface area contributed by atoms with Crippen LogP contribution in [0.1, 0.15) is 11.1 Å². The van der Waals surface area contributed by atoms with Gasteiger partial charge in [-0.1, -0.05) is 24.3 Å². The second-order valence-corrected chi connectivity index (χ2v) is 3.11. The third kappa shape index (κ3) is 1.45. The van der Waals surface area contributed by atoms with Gasteiger partial charge in [0.1, 0.15) is 6.21 Å². The number of primary amides is 1. The Bertz CT molecular complexity index is 382. The van der Waals surface area contributed by atoms with Crippen LogP contribution >= 0.6 is 0 Å². The Morgan fingerprint density at radius 1 is 1.38 bits per heavy atom. The summed E-state index contributed by atoms with van der Waals surface area (Å²) in [5.74, 6) is 0. The zero-order valence-corrected chi connectivity index (χ0v) is 7.23. The normalized spacial score (nSPS) is 14.6. The Balaban J connectivity index is 2.44. The molecule has 2 rings (SSSR count). The van der Waals surface area contributed by atoms with Gasteiger partial charge in [0.15, 0.2) is 0 Å². The molecule has 0 bridgehead atoms. The minimum absolute atomic E-state index is 0.380. The average molecular weight is 175 g/mol. The topological polar surface area (TPSA) is 46.1 Å². The maximum absolute atomic E-state index is 10.9. The first-order chi connectivity index (χ1) is 6.27. The highest BCUT2D eigenvalue weighted by atomic mass is 16.2. The Labute approximate surface area is 76.5 Å². The molecule has 0 aromatic heterocycles. The van der Waals surface area contributed by atoms with E-state index in [4.69, 9.17) is 5.73 Å². The second-order valence-electron chi connectivity index (χ2n) is 3.11. The number of hydrogen-bond acceptors (Lipinski definition) is 1. The Hall–Kier alpha value is -1.64. The monoisotopic (exact) mass is 175 g/mol. The van der Waals surface area contributed by atoms with Crippen LogP contribution in [0.25, 0.3) is 0 Å². The van der Waals surface area contributed by atoms with E-state index in [1.807, 2.05) is 18.2 Å². The van der Waals surface area contributed by atoms with Crippen molar-refractivity contribution in [3.05, 3.63) is 35.4 Å². The number of nitrogens with two attached hydrogens (primary N) is 1. The largest absolute Gasteiger partial charge is 0.488 e. The summed E-state index contributed by atoms with van der Waals surface area (Å²) in [5, 5.41) is 0. The van der Waals surface area contributed by atoms with Crippen molar-refractivity contribution in [2.45, 2.75) is 6.42 Å². The lowest BCUT2D eigenvalue weighted by Gasteiger charge is -2.11. The standard InChI is InChI=1S/C10H10N2O/c11-10(13)12-6-5-8-3-1-2-4-9(8)7-12/h1-4,7H,5-6H2,(H-,11,13)/p+1. The van der Waals surface area contributed by atoms with Gasteiger partial charge in [-0.2, -0.15) is 9.37 Å². The Morgan fingerprint density at radius 2 is 2.15 bits per heavy atom. The van der Waals surface area contributed by atoms with Gasteiger partial charge in [-0.3, -0.25) is 5.73 Å². The van der Waals surface area contributed by atoms with Crippen LogP contribution < -0.4 is 5.73 Å². The van der Waals surface area contributed by atoms with Gasteiger partial charge in [-0.25, -0.2) is 0 Å². The molecule has 66 valence electrons. The van der Waals surface area contributed by atoms with Crippen LogP contribution in [-0.2, 0) is 6.42 Å². The summed E-state index contributed by atoms with van der Waals surface area (Å²) in [6, 6.07) is 7.65. The molecule has 0 radical (unpaired) electrons. The van der Waals surface area contributed by atoms with E-state index in [2.05, 4.69) is 6.07 Å². The lowest BCUT2D eigenvalue weighted by atomic mass is 10.0. The smallest absolute Gasteiger partial charge is 0.251 e. The molecule has 1 aliphatic rings. The zero-order valence-electron chi connectivity index (χ0n) is 7.23. The Morgan fingerprint density at radius 3 is 2.92 bits per heavy atom. The predicted molar refractivity (Wildman–Crippen MR) is 50.0 cm³/mol. The van der Waals surface area contributed by atoms with E-state index >= 15 is 0 Å². The summed E-state index contributed by atoms with van der Waals surface area (Å²) in [6.45, 7) is 0.687. The van der Waals surface area contributed by atoms with Gasteiger partial charge >= 0.3 is 6.03 Å². The quantitative estimate of drug-likeness (QED) is 0.581. The molecule has 1 aromatic carbocycles. The number of carbonyl (C=O) groups is 1. The molecule has 1 heterocycles. The van der Waals surface area contributed by atoms with E-state index in [1.54, 1.807) is 10.8 Å². The second kappa shape index (κ2) is 3.01. The van der Waals surface area contributed by atoms with Crippen LogP contribution in [-0.4, -0.2) is 23.4 Å². The molecule has 3 heteroatoms. The number of hydrogen-bond donors (Lipinski definition) is 1. The summed E-state index contributed by atoms with van der Waals surface area (Å²) < 4.78 is 1.54. The highest BCUT2D eigenvalue weighted by Gasteiger charge is 2.16. The fourth-order valence-corrected chi connectivity index (χ4v) is 1.53. The van der Waals surface area contributed by atoms with Gasteiger partial charge in [0.25, 0.3) is 0 Å². The van der Waals surface area contributed by atoms with Crippen LogP contribution in [0.15, 0.2) is 24.3 Å². The molecule has 1 aromatic rings. The van der Waals surface area contributed by atoms with Crippen molar-refractivity contribution < 1.29 is 9.37 Å². The molecular formula is C10H11N2O+. The number of benzene rings is 1. The molecule has 0 aliphatic carbocycles. The van der Waals surface area contributed by atoms with Crippen molar-refractivity contribution in [1.82, 2.24) is 0 Å². The maximum atomic E-state index is 10.9.